The molecule has 0 spiro atoms. The lowest BCUT2D eigenvalue weighted by atomic mass is 9.98. The Balaban J connectivity index is 2.33. The van der Waals surface area contributed by atoms with Crippen LogP contribution in [0.3, 0.4) is 0 Å². The Morgan fingerprint density at radius 3 is 2.43 bits per heavy atom. The van der Waals surface area contributed by atoms with Crippen LogP contribution in [0.1, 0.15) is 22.3 Å². The second kappa shape index (κ2) is 13.6. The molecule has 0 aromatic heterocycles. The number of alkyl halides is 1. The van der Waals surface area contributed by atoms with E-state index in [0.29, 0.717) is 26.2 Å². The number of rotatable bonds is 14. The van der Waals surface area contributed by atoms with Gasteiger partial charge in [0.05, 0.1) is 47.6 Å². The minimum absolute atomic E-state index is 0.0229. The lowest BCUT2D eigenvalue weighted by Gasteiger charge is -2.26. The van der Waals surface area contributed by atoms with Crippen LogP contribution in [0.15, 0.2) is 6.07 Å². The zero-order chi connectivity index (χ0) is 26.0. The number of hydrogen-bond acceptors (Lipinski definition) is 11. The summed E-state index contributed by atoms with van der Waals surface area (Å²) in [6.07, 6.45) is 1.51. The van der Waals surface area contributed by atoms with Crippen LogP contribution in [0, 0.1) is 20.2 Å². The molecular weight excluding hydrogens is 554 g/mol. The quantitative estimate of drug-likeness (QED) is 0.106. The van der Waals surface area contributed by atoms with E-state index in [9.17, 15) is 33.4 Å². The van der Waals surface area contributed by atoms with Crippen LogP contribution < -0.4 is 10.6 Å². The first-order valence-corrected chi connectivity index (χ1v) is 13.7. The molecule has 0 atom stereocenters. The summed E-state index contributed by atoms with van der Waals surface area (Å²) in [6, 6.07) is 0.799. The number of ether oxygens (including phenoxy) is 1. The number of halogens is 1. The molecule has 16 heteroatoms. The third-order valence-electron chi connectivity index (χ3n) is 5.10. The molecule has 1 heterocycles. The lowest BCUT2D eigenvalue weighted by Crippen LogP contribution is -2.38. The molecule has 0 bridgehead atoms. The fourth-order valence-electron chi connectivity index (χ4n) is 3.57. The van der Waals surface area contributed by atoms with Crippen molar-refractivity contribution in [3.63, 3.8) is 0 Å². The Morgan fingerprint density at radius 2 is 1.86 bits per heavy atom. The molecule has 1 aromatic carbocycles. The minimum atomic E-state index is -3.75. The molecule has 1 aliphatic rings. The third-order valence-corrected chi connectivity index (χ3v) is 6.09. The standard InChI is InChI=1S/C19H28BrN5O9S/c1-35(31,32)34-10-6-21-18-16(25(29)30)13-15(24(27)28)14(3-4-20)17(18)19(26)22-5-2-7-23-8-11-33-12-9-23/h13,21H,2-12H2,1H3,(H,22,26). The SMILES string of the molecule is CS(=O)(=O)OCCNc1c([N+](=O)[O-])cc([N+](=O)[O-])c(CCBr)c1C(=O)NCCCN1CCOCC1. The van der Waals surface area contributed by atoms with Crippen molar-refractivity contribution in [3.8, 4) is 0 Å². The van der Waals surface area contributed by atoms with Crippen molar-refractivity contribution >= 4 is 49.0 Å². The smallest absolute Gasteiger partial charge is 0.300 e. The summed E-state index contributed by atoms with van der Waals surface area (Å²) >= 11 is 3.21. The monoisotopic (exact) mass is 581 g/mol. The predicted molar refractivity (Wildman–Crippen MR) is 131 cm³/mol. The van der Waals surface area contributed by atoms with E-state index in [4.69, 9.17) is 4.74 Å². The van der Waals surface area contributed by atoms with Crippen LogP contribution in [0.25, 0.3) is 0 Å². The molecule has 2 N–H and O–H groups in total. The highest BCUT2D eigenvalue weighted by Gasteiger charge is 2.32. The van der Waals surface area contributed by atoms with Crippen LogP contribution in [-0.4, -0.2) is 93.2 Å². The molecule has 1 fully saturated rings. The van der Waals surface area contributed by atoms with Gasteiger partial charge in [-0.15, -0.1) is 0 Å². The molecule has 1 aromatic rings. The van der Waals surface area contributed by atoms with Crippen molar-refractivity contribution in [2.75, 3.05) is 69.4 Å². The van der Waals surface area contributed by atoms with E-state index in [0.717, 1.165) is 25.4 Å². The maximum atomic E-state index is 13.2. The normalized spacial score (nSPS) is 14.5. The van der Waals surface area contributed by atoms with Gasteiger partial charge in [0.2, 0.25) is 0 Å². The van der Waals surface area contributed by atoms with E-state index < -0.39 is 37.2 Å². The summed E-state index contributed by atoms with van der Waals surface area (Å²) < 4.78 is 32.3. The number of nitrogens with zero attached hydrogens (tertiary/aromatic N) is 3. The van der Waals surface area contributed by atoms with Gasteiger partial charge >= 0.3 is 0 Å². The van der Waals surface area contributed by atoms with Crippen LogP contribution in [-0.2, 0) is 25.5 Å². The summed E-state index contributed by atoms with van der Waals surface area (Å²) in [5.74, 6) is -0.707. The first-order valence-electron chi connectivity index (χ1n) is 10.8. The molecular formula is C19H28BrN5O9S. The topological polar surface area (TPSA) is 183 Å². The largest absolute Gasteiger partial charge is 0.379 e. The Hall–Kier alpha value is -2.40. The van der Waals surface area contributed by atoms with Crippen molar-refractivity contribution in [2.45, 2.75) is 12.8 Å². The number of nitro groups is 2. The van der Waals surface area contributed by atoms with Crippen molar-refractivity contribution in [1.29, 1.82) is 0 Å². The Bertz CT molecular complexity index is 1030. The van der Waals surface area contributed by atoms with Gasteiger partial charge in [0, 0.05) is 37.1 Å². The molecule has 2 rings (SSSR count). The highest BCUT2D eigenvalue weighted by atomic mass is 79.9. The zero-order valence-electron chi connectivity index (χ0n) is 19.2. The summed E-state index contributed by atoms with van der Waals surface area (Å²) in [7, 11) is -3.75. The van der Waals surface area contributed by atoms with Gasteiger partial charge in [0.15, 0.2) is 0 Å². The molecule has 196 valence electrons. The van der Waals surface area contributed by atoms with Gasteiger partial charge in [-0.05, 0) is 19.4 Å². The predicted octanol–water partition coefficient (Wildman–Crippen LogP) is 1.28. The molecule has 0 radical (unpaired) electrons. The minimum Gasteiger partial charge on any atom is -0.379 e. The van der Waals surface area contributed by atoms with Crippen molar-refractivity contribution in [1.82, 2.24) is 10.2 Å². The average molecular weight is 582 g/mol. The molecule has 0 saturated carbocycles. The van der Waals surface area contributed by atoms with Gasteiger partial charge in [-0.1, -0.05) is 15.9 Å². The number of nitro benzene ring substituents is 2. The summed E-state index contributed by atoms with van der Waals surface area (Å²) in [6.45, 7) is 3.24. The summed E-state index contributed by atoms with van der Waals surface area (Å²) in [5, 5.41) is 29.0. The maximum Gasteiger partial charge on any atom is 0.300 e. The molecule has 1 saturated heterocycles. The Morgan fingerprint density at radius 1 is 1.20 bits per heavy atom. The van der Waals surface area contributed by atoms with Crippen LogP contribution in [0.4, 0.5) is 17.1 Å². The molecule has 1 aliphatic heterocycles. The number of hydrogen-bond donors (Lipinski definition) is 2. The van der Waals surface area contributed by atoms with Gasteiger partial charge in [0.1, 0.15) is 5.69 Å². The molecule has 0 aliphatic carbocycles. The number of anilines is 1. The van der Waals surface area contributed by atoms with Gasteiger partial charge < -0.3 is 15.4 Å². The highest BCUT2D eigenvalue weighted by molar-refractivity contribution is 9.09. The third kappa shape index (κ3) is 8.96. The second-order valence-electron chi connectivity index (χ2n) is 7.61. The van der Waals surface area contributed by atoms with E-state index in [1.54, 1.807) is 0 Å². The van der Waals surface area contributed by atoms with E-state index in [2.05, 4.69) is 35.6 Å². The molecule has 35 heavy (non-hydrogen) atoms. The number of nitrogens with one attached hydrogen (secondary N) is 2. The number of carbonyl (C=O) groups excluding carboxylic acids is 1. The molecule has 14 nitrogen and oxygen atoms in total. The second-order valence-corrected chi connectivity index (χ2v) is 10.0. The summed E-state index contributed by atoms with van der Waals surface area (Å²) in [5.41, 5.74) is -1.66. The van der Waals surface area contributed by atoms with E-state index in [1.807, 2.05) is 0 Å². The van der Waals surface area contributed by atoms with E-state index in [-0.39, 0.29) is 48.3 Å². The van der Waals surface area contributed by atoms with Gasteiger partial charge in [0.25, 0.3) is 27.4 Å². The Labute approximate surface area is 210 Å². The lowest BCUT2D eigenvalue weighted by molar-refractivity contribution is -0.394. The maximum absolute atomic E-state index is 13.2. The van der Waals surface area contributed by atoms with Crippen molar-refractivity contribution in [3.05, 3.63) is 37.4 Å². The highest BCUT2D eigenvalue weighted by Crippen LogP contribution is 2.38. The molecule has 1 amide bonds. The van der Waals surface area contributed by atoms with Crippen molar-refractivity contribution in [2.24, 2.45) is 0 Å². The number of benzene rings is 1. The number of carbonyl (C=O) groups is 1. The van der Waals surface area contributed by atoms with Gasteiger partial charge in [-0.2, -0.15) is 8.42 Å². The van der Waals surface area contributed by atoms with Gasteiger partial charge in [-0.3, -0.25) is 34.1 Å². The first kappa shape index (κ1) is 28.8. The van der Waals surface area contributed by atoms with E-state index in [1.165, 1.54) is 0 Å². The number of morpholine rings is 1. The fourth-order valence-corrected chi connectivity index (χ4v) is 4.35. The summed E-state index contributed by atoms with van der Waals surface area (Å²) in [4.78, 5) is 37.2. The first-order chi connectivity index (χ1) is 16.5. The van der Waals surface area contributed by atoms with Crippen LogP contribution >= 0.6 is 15.9 Å². The van der Waals surface area contributed by atoms with E-state index >= 15 is 0 Å². The molecule has 0 unspecified atom stereocenters. The Kier molecular flexibility index (Phi) is 11.2. The fraction of sp³-hybridized carbons (Fsp3) is 0.632. The zero-order valence-corrected chi connectivity index (χ0v) is 21.6. The average Bonchev–Trinajstić information content (AvgIpc) is 2.79. The number of amides is 1. The van der Waals surface area contributed by atoms with Gasteiger partial charge in [-0.25, -0.2) is 0 Å². The van der Waals surface area contributed by atoms with Crippen LogP contribution in [0.2, 0.25) is 0 Å². The van der Waals surface area contributed by atoms with Crippen LogP contribution in [0.5, 0.6) is 0 Å². The van der Waals surface area contributed by atoms with Crippen molar-refractivity contribution < 1.29 is 32.0 Å².